The van der Waals surface area contributed by atoms with Gasteiger partial charge in [0.1, 0.15) is 5.54 Å². The van der Waals surface area contributed by atoms with Crippen molar-refractivity contribution in [2.45, 2.75) is 38.8 Å². The van der Waals surface area contributed by atoms with E-state index in [0.717, 1.165) is 24.0 Å². The van der Waals surface area contributed by atoms with Crippen LogP contribution in [0.25, 0.3) is 0 Å². The fourth-order valence-corrected chi connectivity index (χ4v) is 3.00. The van der Waals surface area contributed by atoms with Gasteiger partial charge in [0, 0.05) is 6.54 Å². The lowest BCUT2D eigenvalue weighted by Crippen LogP contribution is -2.49. The van der Waals surface area contributed by atoms with E-state index in [1.54, 1.807) is 21.1 Å². The van der Waals surface area contributed by atoms with E-state index in [-0.39, 0.29) is 18.4 Å². The highest BCUT2D eigenvalue weighted by Gasteiger charge is 2.43. The number of amides is 1. The summed E-state index contributed by atoms with van der Waals surface area (Å²) in [5.74, 6) is 1.52. The van der Waals surface area contributed by atoms with Crippen molar-refractivity contribution in [2.24, 2.45) is 5.92 Å². The SMILES string of the molecule is COc1cc(C)c(CN(C)CC(=O)N[C@@](C)(C#N)C2CC2)cc1OC. The maximum absolute atomic E-state index is 12.3. The first-order valence-electron chi connectivity index (χ1n) is 8.45. The number of hydrogen-bond donors (Lipinski definition) is 1. The smallest absolute Gasteiger partial charge is 0.235 e. The van der Waals surface area contributed by atoms with Crippen LogP contribution in [-0.2, 0) is 11.3 Å². The number of ether oxygens (including phenoxy) is 2. The zero-order chi connectivity index (χ0) is 18.6. The van der Waals surface area contributed by atoms with E-state index in [2.05, 4.69) is 11.4 Å². The van der Waals surface area contributed by atoms with Crippen molar-refractivity contribution in [2.75, 3.05) is 27.8 Å². The van der Waals surface area contributed by atoms with Crippen LogP contribution in [0.2, 0.25) is 0 Å². The number of carbonyl (C=O) groups excluding carboxylic acids is 1. The van der Waals surface area contributed by atoms with Crippen molar-refractivity contribution in [3.05, 3.63) is 23.3 Å². The average molecular weight is 345 g/mol. The van der Waals surface area contributed by atoms with Gasteiger partial charge in [-0.05, 0) is 62.9 Å². The minimum atomic E-state index is -0.753. The Morgan fingerprint density at radius 1 is 1.36 bits per heavy atom. The second-order valence-corrected chi connectivity index (χ2v) is 6.94. The van der Waals surface area contributed by atoms with Crippen LogP contribution in [0.15, 0.2) is 12.1 Å². The van der Waals surface area contributed by atoms with Gasteiger partial charge >= 0.3 is 0 Å². The molecule has 25 heavy (non-hydrogen) atoms. The molecule has 1 saturated carbocycles. The molecule has 0 unspecified atom stereocenters. The van der Waals surface area contributed by atoms with Crippen molar-refractivity contribution in [3.8, 4) is 17.6 Å². The summed E-state index contributed by atoms with van der Waals surface area (Å²) in [5.41, 5.74) is 1.39. The number of benzene rings is 1. The predicted molar refractivity (Wildman–Crippen MR) is 95.5 cm³/mol. The maximum Gasteiger partial charge on any atom is 0.235 e. The number of carbonyl (C=O) groups is 1. The molecule has 6 heteroatoms. The molecule has 0 aromatic heterocycles. The Bertz CT molecular complexity index is 679. The number of aryl methyl sites for hydroxylation is 1. The summed E-state index contributed by atoms with van der Waals surface area (Å²) in [6, 6.07) is 6.12. The summed E-state index contributed by atoms with van der Waals surface area (Å²) < 4.78 is 10.7. The van der Waals surface area contributed by atoms with Gasteiger partial charge in [-0.2, -0.15) is 5.26 Å². The molecule has 0 bridgehead atoms. The van der Waals surface area contributed by atoms with Crippen LogP contribution in [0, 0.1) is 24.2 Å². The topological polar surface area (TPSA) is 74.6 Å². The van der Waals surface area contributed by atoms with E-state index in [1.165, 1.54) is 0 Å². The molecule has 1 aromatic carbocycles. The van der Waals surface area contributed by atoms with E-state index >= 15 is 0 Å². The van der Waals surface area contributed by atoms with Gasteiger partial charge in [-0.25, -0.2) is 0 Å². The summed E-state index contributed by atoms with van der Waals surface area (Å²) in [5, 5.41) is 12.2. The predicted octanol–water partition coefficient (Wildman–Crippen LogP) is 2.25. The Balaban J connectivity index is 1.99. The molecule has 6 nitrogen and oxygen atoms in total. The lowest BCUT2D eigenvalue weighted by Gasteiger charge is -2.25. The number of nitrogens with one attached hydrogen (secondary N) is 1. The van der Waals surface area contributed by atoms with E-state index in [9.17, 15) is 10.1 Å². The van der Waals surface area contributed by atoms with E-state index in [0.29, 0.717) is 18.0 Å². The third-order valence-corrected chi connectivity index (χ3v) is 4.72. The van der Waals surface area contributed by atoms with Crippen molar-refractivity contribution in [1.29, 1.82) is 5.26 Å². The molecule has 0 heterocycles. The Kier molecular flexibility index (Phi) is 5.91. The zero-order valence-corrected chi connectivity index (χ0v) is 15.7. The van der Waals surface area contributed by atoms with Crippen molar-refractivity contribution in [3.63, 3.8) is 0 Å². The molecular weight excluding hydrogens is 318 g/mol. The highest BCUT2D eigenvalue weighted by molar-refractivity contribution is 5.79. The van der Waals surface area contributed by atoms with Gasteiger partial charge in [0.15, 0.2) is 11.5 Å². The average Bonchev–Trinajstić information content (AvgIpc) is 3.41. The summed E-state index contributed by atoms with van der Waals surface area (Å²) in [6.45, 7) is 4.65. The van der Waals surface area contributed by atoms with Crippen LogP contribution < -0.4 is 14.8 Å². The molecule has 1 atom stereocenters. The molecule has 1 aliphatic rings. The highest BCUT2D eigenvalue weighted by atomic mass is 16.5. The fourth-order valence-electron chi connectivity index (χ4n) is 3.00. The molecule has 136 valence electrons. The van der Waals surface area contributed by atoms with Crippen LogP contribution in [0.1, 0.15) is 30.9 Å². The highest BCUT2D eigenvalue weighted by Crippen LogP contribution is 2.39. The Morgan fingerprint density at radius 2 is 1.96 bits per heavy atom. The first-order valence-corrected chi connectivity index (χ1v) is 8.45. The first kappa shape index (κ1) is 19.1. The van der Waals surface area contributed by atoms with Crippen molar-refractivity contribution >= 4 is 5.91 Å². The second kappa shape index (κ2) is 7.75. The Labute approximate surface area is 149 Å². The lowest BCUT2D eigenvalue weighted by molar-refractivity contribution is -0.123. The number of rotatable bonds is 8. The van der Waals surface area contributed by atoms with Gasteiger partial charge in [-0.3, -0.25) is 9.69 Å². The third kappa shape index (κ3) is 4.64. The van der Waals surface area contributed by atoms with E-state index in [1.807, 2.05) is 31.0 Å². The van der Waals surface area contributed by atoms with Gasteiger partial charge in [0.05, 0.1) is 26.8 Å². The van der Waals surface area contributed by atoms with E-state index < -0.39 is 5.54 Å². The number of hydrogen-bond acceptors (Lipinski definition) is 5. The normalized spacial score (nSPS) is 16.0. The number of nitriles is 1. The quantitative estimate of drug-likeness (QED) is 0.782. The van der Waals surface area contributed by atoms with Gasteiger partial charge in [0.2, 0.25) is 5.91 Å². The van der Waals surface area contributed by atoms with Crippen molar-refractivity contribution < 1.29 is 14.3 Å². The number of nitrogens with zero attached hydrogens (tertiary/aromatic N) is 2. The number of likely N-dealkylation sites (N-methyl/N-ethyl adjacent to an activating group) is 1. The monoisotopic (exact) mass is 345 g/mol. The van der Waals surface area contributed by atoms with Crippen LogP contribution in [-0.4, -0.2) is 44.2 Å². The first-order chi connectivity index (χ1) is 11.8. The van der Waals surface area contributed by atoms with Gasteiger partial charge in [-0.15, -0.1) is 0 Å². The molecule has 0 radical (unpaired) electrons. The third-order valence-electron chi connectivity index (χ3n) is 4.72. The molecule has 0 aliphatic heterocycles. The van der Waals surface area contributed by atoms with Crippen LogP contribution >= 0.6 is 0 Å². The lowest BCUT2D eigenvalue weighted by atomic mass is 9.98. The molecule has 0 saturated heterocycles. The Morgan fingerprint density at radius 3 is 2.48 bits per heavy atom. The minimum Gasteiger partial charge on any atom is -0.493 e. The largest absolute Gasteiger partial charge is 0.493 e. The standard InChI is InChI=1S/C19H27N3O3/c1-13-8-16(24-4)17(25-5)9-14(13)10-22(3)11-18(23)21-19(2,12-20)15-6-7-15/h8-9,15H,6-7,10-11H2,1-5H3,(H,21,23)/t19-/m0/s1. The van der Waals surface area contributed by atoms with Crippen molar-refractivity contribution in [1.82, 2.24) is 10.2 Å². The molecule has 1 amide bonds. The molecule has 2 rings (SSSR count). The molecule has 1 aliphatic carbocycles. The van der Waals surface area contributed by atoms with E-state index in [4.69, 9.17) is 9.47 Å². The molecule has 1 aromatic rings. The molecule has 1 N–H and O–H groups in total. The molecular formula is C19H27N3O3. The minimum absolute atomic E-state index is 0.128. The van der Waals surface area contributed by atoms with Crippen LogP contribution in [0.5, 0.6) is 11.5 Å². The van der Waals surface area contributed by atoms with Crippen LogP contribution in [0.3, 0.4) is 0 Å². The Hall–Kier alpha value is -2.26. The van der Waals surface area contributed by atoms with Gasteiger partial charge in [0.25, 0.3) is 0 Å². The maximum atomic E-state index is 12.3. The summed E-state index contributed by atoms with van der Waals surface area (Å²) in [7, 11) is 5.10. The van der Waals surface area contributed by atoms with Crippen LogP contribution in [0.4, 0.5) is 0 Å². The van der Waals surface area contributed by atoms with Gasteiger partial charge < -0.3 is 14.8 Å². The molecule has 0 spiro atoms. The second-order valence-electron chi connectivity index (χ2n) is 6.94. The summed E-state index contributed by atoms with van der Waals surface area (Å²) in [6.07, 6.45) is 2.01. The number of methoxy groups -OCH3 is 2. The summed E-state index contributed by atoms with van der Waals surface area (Å²) >= 11 is 0. The fraction of sp³-hybridized carbons (Fsp3) is 0.579. The molecule has 1 fully saturated rings. The van der Waals surface area contributed by atoms with Gasteiger partial charge in [-0.1, -0.05) is 0 Å². The zero-order valence-electron chi connectivity index (χ0n) is 15.7. The summed E-state index contributed by atoms with van der Waals surface area (Å²) in [4.78, 5) is 14.2.